The summed E-state index contributed by atoms with van der Waals surface area (Å²) < 4.78 is 11.6. The van der Waals surface area contributed by atoms with Crippen molar-refractivity contribution in [1.82, 2.24) is 0 Å². The zero-order valence-electron chi connectivity index (χ0n) is 11.8. The van der Waals surface area contributed by atoms with Gasteiger partial charge < -0.3 is 15.2 Å². The lowest BCUT2D eigenvalue weighted by atomic mass is 9.98. The van der Waals surface area contributed by atoms with Gasteiger partial charge in [-0.25, -0.2) is 0 Å². The summed E-state index contributed by atoms with van der Waals surface area (Å²) in [6.45, 7) is 2.05. The predicted octanol–water partition coefficient (Wildman–Crippen LogP) is 3.82. The summed E-state index contributed by atoms with van der Waals surface area (Å²) in [5.74, 6) is 1.39. The van der Waals surface area contributed by atoms with E-state index in [4.69, 9.17) is 15.2 Å². The summed E-state index contributed by atoms with van der Waals surface area (Å²) in [7, 11) is 3.24. The Bertz CT molecular complexity index is 613. The summed E-state index contributed by atoms with van der Waals surface area (Å²) in [4.78, 5) is 0. The zero-order chi connectivity index (χ0) is 14.7. The molecule has 3 nitrogen and oxygen atoms in total. The topological polar surface area (TPSA) is 44.5 Å². The number of hydrogen-bond donors (Lipinski definition) is 1. The van der Waals surface area contributed by atoms with Crippen LogP contribution in [0.25, 0.3) is 0 Å². The molecule has 0 saturated heterocycles. The SMILES string of the molecule is COc1ccc(C(N)c2ccc(C)c(Br)c2)cc1OC. The Morgan fingerprint density at radius 2 is 1.55 bits per heavy atom. The molecule has 1 unspecified atom stereocenters. The third-order valence-electron chi connectivity index (χ3n) is 3.32. The number of benzene rings is 2. The molecule has 0 heterocycles. The van der Waals surface area contributed by atoms with Gasteiger partial charge in [-0.2, -0.15) is 0 Å². The van der Waals surface area contributed by atoms with Crippen molar-refractivity contribution in [3.63, 3.8) is 0 Å². The summed E-state index contributed by atoms with van der Waals surface area (Å²) in [6, 6.07) is 11.7. The van der Waals surface area contributed by atoms with Gasteiger partial charge in [0, 0.05) is 4.47 Å². The van der Waals surface area contributed by atoms with Crippen molar-refractivity contribution in [2.75, 3.05) is 14.2 Å². The van der Waals surface area contributed by atoms with Crippen molar-refractivity contribution >= 4 is 15.9 Å². The van der Waals surface area contributed by atoms with Crippen molar-refractivity contribution in [2.24, 2.45) is 5.73 Å². The minimum atomic E-state index is -0.202. The van der Waals surface area contributed by atoms with Crippen LogP contribution in [0.4, 0.5) is 0 Å². The second-order valence-electron chi connectivity index (χ2n) is 4.60. The van der Waals surface area contributed by atoms with Crippen molar-refractivity contribution in [3.05, 3.63) is 57.6 Å². The quantitative estimate of drug-likeness (QED) is 0.923. The van der Waals surface area contributed by atoms with E-state index in [-0.39, 0.29) is 6.04 Å². The monoisotopic (exact) mass is 335 g/mol. The van der Waals surface area contributed by atoms with Gasteiger partial charge in [0.2, 0.25) is 0 Å². The standard InChI is InChI=1S/C16H18BrNO2/c1-10-4-5-11(8-13(10)17)16(18)12-6-7-14(19-2)15(9-12)20-3/h4-9,16H,18H2,1-3H3. The molecule has 20 heavy (non-hydrogen) atoms. The van der Waals surface area contributed by atoms with E-state index in [1.165, 1.54) is 5.56 Å². The maximum Gasteiger partial charge on any atom is 0.161 e. The van der Waals surface area contributed by atoms with E-state index in [0.29, 0.717) is 11.5 Å². The number of ether oxygens (including phenoxy) is 2. The average Bonchev–Trinajstić information content (AvgIpc) is 2.48. The lowest BCUT2D eigenvalue weighted by Crippen LogP contribution is -2.12. The van der Waals surface area contributed by atoms with Crippen molar-refractivity contribution < 1.29 is 9.47 Å². The third kappa shape index (κ3) is 2.97. The number of nitrogens with two attached hydrogens (primary N) is 1. The molecule has 0 aliphatic heterocycles. The Kier molecular flexibility index (Phi) is 4.68. The number of aryl methyl sites for hydroxylation is 1. The van der Waals surface area contributed by atoms with Crippen LogP contribution in [-0.2, 0) is 0 Å². The van der Waals surface area contributed by atoms with E-state index < -0.39 is 0 Å². The fourth-order valence-electron chi connectivity index (χ4n) is 2.04. The molecule has 0 spiro atoms. The first-order chi connectivity index (χ1) is 9.56. The Morgan fingerprint density at radius 3 is 2.15 bits per heavy atom. The molecule has 2 aromatic rings. The van der Waals surface area contributed by atoms with Crippen LogP contribution in [0.15, 0.2) is 40.9 Å². The molecule has 0 fully saturated rings. The number of rotatable bonds is 4. The summed E-state index contributed by atoms with van der Waals surface area (Å²) in [5, 5.41) is 0. The molecule has 4 heteroatoms. The molecule has 0 radical (unpaired) electrons. The Hall–Kier alpha value is -1.52. The van der Waals surface area contributed by atoms with E-state index in [1.54, 1.807) is 14.2 Å². The number of methoxy groups -OCH3 is 2. The van der Waals surface area contributed by atoms with Crippen LogP contribution in [0.2, 0.25) is 0 Å². The van der Waals surface area contributed by atoms with Gasteiger partial charge >= 0.3 is 0 Å². The lowest BCUT2D eigenvalue weighted by molar-refractivity contribution is 0.354. The van der Waals surface area contributed by atoms with Gasteiger partial charge in [-0.05, 0) is 41.8 Å². The molecule has 0 bridgehead atoms. The first-order valence-electron chi connectivity index (χ1n) is 6.30. The molecule has 0 saturated carbocycles. The molecule has 2 N–H and O–H groups in total. The molecule has 106 valence electrons. The molecule has 0 aromatic heterocycles. The minimum absolute atomic E-state index is 0.202. The summed E-state index contributed by atoms with van der Waals surface area (Å²) in [6.07, 6.45) is 0. The van der Waals surface area contributed by atoms with Gasteiger partial charge in [0.25, 0.3) is 0 Å². The van der Waals surface area contributed by atoms with Crippen LogP contribution in [-0.4, -0.2) is 14.2 Å². The molecular weight excluding hydrogens is 318 g/mol. The first-order valence-corrected chi connectivity index (χ1v) is 7.09. The van der Waals surface area contributed by atoms with E-state index in [2.05, 4.69) is 35.0 Å². The van der Waals surface area contributed by atoms with Gasteiger partial charge in [-0.3, -0.25) is 0 Å². The highest BCUT2D eigenvalue weighted by Crippen LogP contribution is 2.32. The molecule has 2 aromatic carbocycles. The van der Waals surface area contributed by atoms with Crippen molar-refractivity contribution in [2.45, 2.75) is 13.0 Å². The molecule has 1 atom stereocenters. The molecule has 0 aliphatic carbocycles. The number of hydrogen-bond acceptors (Lipinski definition) is 3. The summed E-state index contributed by atoms with van der Waals surface area (Å²) >= 11 is 3.54. The van der Waals surface area contributed by atoms with Crippen LogP contribution in [0.1, 0.15) is 22.7 Å². The Balaban J connectivity index is 2.37. The fourth-order valence-corrected chi connectivity index (χ4v) is 2.44. The van der Waals surface area contributed by atoms with E-state index in [9.17, 15) is 0 Å². The van der Waals surface area contributed by atoms with Crippen LogP contribution >= 0.6 is 15.9 Å². The minimum Gasteiger partial charge on any atom is -0.493 e. The van der Waals surface area contributed by atoms with Crippen LogP contribution in [0.3, 0.4) is 0 Å². The van der Waals surface area contributed by atoms with Crippen LogP contribution < -0.4 is 15.2 Å². The highest BCUT2D eigenvalue weighted by molar-refractivity contribution is 9.10. The Morgan fingerprint density at radius 1 is 0.950 bits per heavy atom. The molecule has 0 aliphatic rings. The fraction of sp³-hybridized carbons (Fsp3) is 0.250. The average molecular weight is 336 g/mol. The molecular formula is C16H18BrNO2. The zero-order valence-corrected chi connectivity index (χ0v) is 13.4. The van der Waals surface area contributed by atoms with Crippen molar-refractivity contribution in [3.8, 4) is 11.5 Å². The van der Waals surface area contributed by atoms with Gasteiger partial charge in [-0.15, -0.1) is 0 Å². The van der Waals surface area contributed by atoms with E-state index in [0.717, 1.165) is 15.6 Å². The second kappa shape index (κ2) is 6.29. The van der Waals surface area contributed by atoms with Gasteiger partial charge in [0.1, 0.15) is 0 Å². The Labute approximate surface area is 127 Å². The lowest BCUT2D eigenvalue weighted by Gasteiger charge is -2.16. The maximum absolute atomic E-state index is 6.33. The van der Waals surface area contributed by atoms with Gasteiger partial charge in [0.05, 0.1) is 20.3 Å². The highest BCUT2D eigenvalue weighted by atomic mass is 79.9. The molecule has 0 amide bonds. The van der Waals surface area contributed by atoms with E-state index >= 15 is 0 Å². The first kappa shape index (κ1) is 14.9. The maximum atomic E-state index is 6.33. The van der Waals surface area contributed by atoms with Crippen LogP contribution in [0.5, 0.6) is 11.5 Å². The third-order valence-corrected chi connectivity index (χ3v) is 4.18. The van der Waals surface area contributed by atoms with E-state index in [1.807, 2.05) is 24.3 Å². The molecule has 2 rings (SSSR count). The van der Waals surface area contributed by atoms with Gasteiger partial charge in [-0.1, -0.05) is 34.1 Å². The van der Waals surface area contributed by atoms with Crippen molar-refractivity contribution in [1.29, 1.82) is 0 Å². The largest absolute Gasteiger partial charge is 0.493 e. The van der Waals surface area contributed by atoms with Gasteiger partial charge in [0.15, 0.2) is 11.5 Å². The smallest absolute Gasteiger partial charge is 0.161 e. The summed E-state index contributed by atoms with van der Waals surface area (Å²) in [5.41, 5.74) is 9.56. The highest BCUT2D eigenvalue weighted by Gasteiger charge is 2.13. The normalized spacial score (nSPS) is 12.1. The predicted molar refractivity (Wildman–Crippen MR) is 84.5 cm³/mol. The number of halogens is 1. The van der Waals surface area contributed by atoms with Crippen LogP contribution in [0, 0.1) is 6.92 Å². The second-order valence-corrected chi connectivity index (χ2v) is 5.46.